The Bertz CT molecular complexity index is 1080. The molecule has 138 valence electrons. The number of nitrogens with zero attached hydrogens (tertiary/aromatic N) is 3. The van der Waals surface area contributed by atoms with Gasteiger partial charge in [-0.1, -0.05) is 48.1 Å². The molecule has 0 saturated carbocycles. The molecule has 5 nitrogen and oxygen atoms in total. The lowest BCUT2D eigenvalue weighted by atomic mass is 10.1. The van der Waals surface area contributed by atoms with E-state index in [1.165, 1.54) is 22.0 Å². The molecule has 0 radical (unpaired) electrons. The second kappa shape index (κ2) is 7.99. The Morgan fingerprint density at radius 3 is 2.59 bits per heavy atom. The van der Waals surface area contributed by atoms with E-state index in [0.717, 1.165) is 29.4 Å². The molecule has 5 heteroatoms. The van der Waals surface area contributed by atoms with Crippen molar-refractivity contribution in [3.63, 3.8) is 0 Å². The zero-order chi connectivity index (χ0) is 19.4. The van der Waals surface area contributed by atoms with Gasteiger partial charge in [-0.15, -0.1) is 5.10 Å². The molecule has 0 unspecified atom stereocenters. The molecule has 0 amide bonds. The third-order valence-electron chi connectivity index (χ3n) is 4.92. The summed E-state index contributed by atoms with van der Waals surface area (Å²) in [6.45, 7) is 7.28. The van der Waals surface area contributed by atoms with Gasteiger partial charge in [-0.25, -0.2) is 0 Å². The molecule has 3 rings (SSSR count). The second-order valence-corrected chi connectivity index (χ2v) is 6.58. The molecule has 3 aromatic rings. The number of nitrogens with one attached hydrogen (secondary N) is 1. The largest absolute Gasteiger partial charge is 0.382 e. The fourth-order valence-corrected chi connectivity index (χ4v) is 3.60. The lowest BCUT2D eigenvalue weighted by Crippen LogP contribution is -2.12. The molecular weight excluding hydrogens is 334 g/mol. The number of aromatic nitrogens is 1. The zero-order valence-electron chi connectivity index (χ0n) is 16.0. The number of hydrogen-bond acceptors (Lipinski definition) is 2. The predicted octanol–water partition coefficient (Wildman–Crippen LogP) is 5.75. The van der Waals surface area contributed by atoms with Crippen LogP contribution in [0.2, 0.25) is 0 Å². The zero-order valence-corrected chi connectivity index (χ0v) is 16.0. The summed E-state index contributed by atoms with van der Waals surface area (Å²) < 4.78 is 2.35. The van der Waals surface area contributed by atoms with Crippen LogP contribution in [0.1, 0.15) is 32.8 Å². The molecule has 0 spiro atoms. The summed E-state index contributed by atoms with van der Waals surface area (Å²) in [7, 11) is 0. The van der Waals surface area contributed by atoms with E-state index >= 15 is 0 Å². The quantitative estimate of drug-likeness (QED) is 0.190. The van der Waals surface area contributed by atoms with E-state index in [-0.39, 0.29) is 5.84 Å². The molecule has 0 bridgehead atoms. The van der Waals surface area contributed by atoms with Crippen molar-refractivity contribution in [1.29, 1.82) is 5.53 Å². The molecule has 0 aliphatic rings. The summed E-state index contributed by atoms with van der Waals surface area (Å²) >= 11 is 0. The van der Waals surface area contributed by atoms with Crippen LogP contribution in [0.4, 0.5) is 0 Å². The lowest BCUT2D eigenvalue weighted by molar-refractivity contribution is 0.832. The van der Waals surface area contributed by atoms with Crippen LogP contribution in [0.3, 0.4) is 0 Å². The van der Waals surface area contributed by atoms with Gasteiger partial charge in [0.1, 0.15) is 0 Å². The first-order valence-electron chi connectivity index (χ1n) is 9.13. The SMILES string of the molecule is C/C=C\C(CC)=C(\C)Cn1c2ccccc2c2cc(C(N)=NN=N)ccc21. The second-order valence-electron chi connectivity index (χ2n) is 6.58. The maximum absolute atomic E-state index is 6.89. The van der Waals surface area contributed by atoms with Crippen LogP contribution in [0.5, 0.6) is 0 Å². The Morgan fingerprint density at radius 2 is 1.89 bits per heavy atom. The van der Waals surface area contributed by atoms with Crippen LogP contribution in [-0.4, -0.2) is 10.4 Å². The highest BCUT2D eigenvalue weighted by Crippen LogP contribution is 2.31. The van der Waals surface area contributed by atoms with Gasteiger partial charge in [-0.3, -0.25) is 0 Å². The standard InChI is InChI=1S/C22H25N5/c1-4-8-16(5-2)15(3)14-27-20-10-7-6-9-18(20)19-13-17(11-12-21(19)27)22(23)25-26-24/h4,6-13H,5,14H2,1-3H3,(H3,23,24,25)/b8-4-,16-15-. The maximum Gasteiger partial charge on any atom is 0.155 e. The van der Waals surface area contributed by atoms with E-state index in [0.29, 0.717) is 0 Å². The molecule has 27 heavy (non-hydrogen) atoms. The van der Waals surface area contributed by atoms with Gasteiger partial charge in [-0.2, -0.15) is 5.53 Å². The van der Waals surface area contributed by atoms with Crippen LogP contribution >= 0.6 is 0 Å². The average Bonchev–Trinajstić information content (AvgIpc) is 2.99. The van der Waals surface area contributed by atoms with Crippen molar-refractivity contribution in [2.45, 2.75) is 33.7 Å². The third kappa shape index (κ3) is 3.53. The minimum absolute atomic E-state index is 0.251. The first-order valence-corrected chi connectivity index (χ1v) is 9.13. The Balaban J connectivity index is 2.23. The molecule has 0 atom stereocenters. The topological polar surface area (TPSA) is 79.5 Å². The van der Waals surface area contributed by atoms with Crippen LogP contribution in [-0.2, 0) is 6.54 Å². The van der Waals surface area contributed by atoms with Crippen LogP contribution < -0.4 is 5.73 Å². The molecule has 1 heterocycles. The highest BCUT2D eigenvalue weighted by atomic mass is 15.3. The number of hydrogen-bond donors (Lipinski definition) is 2. The monoisotopic (exact) mass is 359 g/mol. The van der Waals surface area contributed by atoms with Crippen molar-refractivity contribution < 1.29 is 0 Å². The van der Waals surface area contributed by atoms with Crippen molar-refractivity contribution in [3.8, 4) is 0 Å². The van der Waals surface area contributed by atoms with Gasteiger partial charge >= 0.3 is 0 Å². The number of para-hydroxylation sites is 1. The fraction of sp³-hybridized carbons (Fsp3) is 0.227. The number of amidine groups is 1. The van der Waals surface area contributed by atoms with E-state index in [1.54, 1.807) is 0 Å². The van der Waals surface area contributed by atoms with Gasteiger partial charge < -0.3 is 10.3 Å². The van der Waals surface area contributed by atoms with E-state index in [2.05, 4.69) is 78.1 Å². The maximum atomic E-state index is 6.89. The van der Waals surface area contributed by atoms with Crippen LogP contribution in [0.25, 0.3) is 21.8 Å². The highest BCUT2D eigenvalue weighted by molar-refractivity contribution is 6.11. The number of rotatable bonds is 6. The molecule has 0 aliphatic carbocycles. The molecular formula is C22H25N5. The van der Waals surface area contributed by atoms with Crippen molar-refractivity contribution >= 4 is 27.6 Å². The number of fused-ring (bicyclic) bond motifs is 3. The minimum Gasteiger partial charge on any atom is -0.382 e. The summed E-state index contributed by atoms with van der Waals surface area (Å²) in [6, 6.07) is 14.4. The molecule has 0 fully saturated rings. The van der Waals surface area contributed by atoms with E-state index < -0.39 is 0 Å². The van der Waals surface area contributed by atoms with Crippen molar-refractivity contribution in [2.75, 3.05) is 0 Å². The Morgan fingerprint density at radius 1 is 1.15 bits per heavy atom. The van der Waals surface area contributed by atoms with Gasteiger partial charge in [0.15, 0.2) is 5.84 Å². The van der Waals surface area contributed by atoms with Gasteiger partial charge in [0.2, 0.25) is 0 Å². The molecule has 1 aromatic heterocycles. The summed E-state index contributed by atoms with van der Waals surface area (Å²) in [6.07, 6.45) is 5.31. The van der Waals surface area contributed by atoms with Crippen molar-refractivity contribution in [1.82, 2.24) is 4.57 Å². The Labute approximate surface area is 159 Å². The molecule has 2 aromatic carbocycles. The molecule has 3 N–H and O–H groups in total. The number of allylic oxidation sites excluding steroid dienone is 4. The fourth-order valence-electron chi connectivity index (χ4n) is 3.60. The van der Waals surface area contributed by atoms with Gasteiger partial charge in [-0.05, 0) is 50.1 Å². The smallest absolute Gasteiger partial charge is 0.155 e. The predicted molar refractivity (Wildman–Crippen MR) is 113 cm³/mol. The van der Waals surface area contributed by atoms with Gasteiger partial charge in [0, 0.05) is 33.9 Å². The van der Waals surface area contributed by atoms with Crippen molar-refractivity contribution in [2.24, 2.45) is 16.1 Å². The Hall–Kier alpha value is -3.21. The minimum atomic E-state index is 0.251. The first kappa shape index (κ1) is 18.6. The number of benzene rings is 2. The third-order valence-corrected chi connectivity index (χ3v) is 4.92. The molecule has 0 saturated heterocycles. The van der Waals surface area contributed by atoms with E-state index in [4.69, 9.17) is 11.3 Å². The van der Waals surface area contributed by atoms with Crippen LogP contribution in [0.15, 0.2) is 76.1 Å². The van der Waals surface area contributed by atoms with Gasteiger partial charge in [0.25, 0.3) is 0 Å². The normalized spacial score (nSPS) is 13.5. The lowest BCUT2D eigenvalue weighted by Gasteiger charge is -2.11. The summed E-state index contributed by atoms with van der Waals surface area (Å²) in [5.74, 6) is 0.251. The van der Waals surface area contributed by atoms with Gasteiger partial charge in [0.05, 0.1) is 0 Å². The average molecular weight is 359 g/mol. The first-order chi connectivity index (χ1) is 13.1. The molecule has 0 aliphatic heterocycles. The van der Waals surface area contributed by atoms with Crippen LogP contribution in [0, 0.1) is 5.53 Å². The summed E-state index contributed by atoms with van der Waals surface area (Å²) in [5, 5.41) is 9.01. The highest BCUT2D eigenvalue weighted by Gasteiger charge is 2.13. The van der Waals surface area contributed by atoms with E-state index in [9.17, 15) is 0 Å². The number of nitrogens with two attached hydrogens (primary N) is 1. The van der Waals surface area contributed by atoms with E-state index in [1.807, 2.05) is 12.1 Å². The summed E-state index contributed by atoms with van der Waals surface area (Å²) in [5.41, 5.74) is 18.7. The van der Waals surface area contributed by atoms with Crippen molar-refractivity contribution in [3.05, 3.63) is 71.3 Å². The Kier molecular flexibility index (Phi) is 5.50. The summed E-state index contributed by atoms with van der Waals surface area (Å²) in [4.78, 5) is 0.